The molecule has 94 valence electrons. The van der Waals surface area contributed by atoms with Crippen molar-refractivity contribution in [2.24, 2.45) is 0 Å². The fraction of sp³-hybridized carbons (Fsp3) is 0.333. The third-order valence-corrected chi connectivity index (χ3v) is 4.71. The molecule has 1 aliphatic rings. The van der Waals surface area contributed by atoms with Gasteiger partial charge in [-0.2, -0.15) is 0 Å². The van der Waals surface area contributed by atoms with Crippen molar-refractivity contribution in [2.45, 2.75) is 32.2 Å². The van der Waals surface area contributed by atoms with Gasteiger partial charge in [0.1, 0.15) is 0 Å². The molecule has 0 unspecified atom stereocenters. The van der Waals surface area contributed by atoms with E-state index < -0.39 is 0 Å². The van der Waals surface area contributed by atoms with Gasteiger partial charge in [0.15, 0.2) is 0 Å². The van der Waals surface area contributed by atoms with E-state index in [-0.39, 0.29) is 0 Å². The van der Waals surface area contributed by atoms with Crippen LogP contribution >= 0.6 is 22.9 Å². The summed E-state index contributed by atoms with van der Waals surface area (Å²) >= 11 is 7.60. The molecule has 2 aromatic rings. The topological polar surface area (TPSA) is 12.0 Å². The molecule has 0 saturated carbocycles. The van der Waals surface area contributed by atoms with Gasteiger partial charge < -0.3 is 5.32 Å². The van der Waals surface area contributed by atoms with Gasteiger partial charge in [0.25, 0.3) is 0 Å². The highest BCUT2D eigenvalue weighted by Gasteiger charge is 2.12. The van der Waals surface area contributed by atoms with Crippen LogP contribution in [0.4, 0.5) is 5.69 Å². The number of hydrogen-bond donors (Lipinski definition) is 1. The molecule has 0 atom stereocenters. The van der Waals surface area contributed by atoms with Crippen LogP contribution < -0.4 is 5.32 Å². The molecule has 1 N–H and O–H groups in total. The Morgan fingerprint density at radius 3 is 2.83 bits per heavy atom. The van der Waals surface area contributed by atoms with Crippen molar-refractivity contribution in [1.29, 1.82) is 0 Å². The van der Waals surface area contributed by atoms with Gasteiger partial charge in [-0.1, -0.05) is 23.7 Å². The van der Waals surface area contributed by atoms with Crippen molar-refractivity contribution in [3.05, 3.63) is 50.7 Å². The minimum Gasteiger partial charge on any atom is -0.380 e. The number of nitrogens with one attached hydrogen (secondary N) is 1. The molecule has 1 heterocycles. The first-order valence-corrected chi connectivity index (χ1v) is 7.61. The molecule has 3 heteroatoms. The molecule has 0 saturated heterocycles. The van der Waals surface area contributed by atoms with Crippen LogP contribution in [0.2, 0.25) is 4.34 Å². The Labute approximate surface area is 117 Å². The van der Waals surface area contributed by atoms with Gasteiger partial charge in [-0.25, -0.2) is 0 Å². The molecule has 0 aliphatic heterocycles. The van der Waals surface area contributed by atoms with Gasteiger partial charge in [-0.15, -0.1) is 11.3 Å². The summed E-state index contributed by atoms with van der Waals surface area (Å²) < 4.78 is 0.863. The van der Waals surface area contributed by atoms with Gasteiger partial charge >= 0.3 is 0 Å². The summed E-state index contributed by atoms with van der Waals surface area (Å²) in [6, 6.07) is 10.7. The van der Waals surface area contributed by atoms with E-state index in [1.807, 2.05) is 6.07 Å². The molecule has 0 fully saturated rings. The van der Waals surface area contributed by atoms with Crippen LogP contribution in [0, 0.1) is 0 Å². The molecule has 0 spiro atoms. The van der Waals surface area contributed by atoms with Crippen LogP contribution in [-0.4, -0.2) is 0 Å². The predicted octanol–water partition coefficient (Wildman–Crippen LogP) is 4.89. The zero-order chi connectivity index (χ0) is 12.4. The van der Waals surface area contributed by atoms with E-state index in [1.165, 1.54) is 47.4 Å². The highest BCUT2D eigenvalue weighted by atomic mass is 35.5. The standard InChI is InChI=1S/C15H16ClNS/c16-15-9-8-12(18-15)10-17-14-7-3-5-11-4-1-2-6-13(11)14/h3,5,7-9,17H,1-2,4,6,10H2. The zero-order valence-electron chi connectivity index (χ0n) is 10.2. The first-order valence-electron chi connectivity index (χ1n) is 6.42. The van der Waals surface area contributed by atoms with Gasteiger partial charge in [0.2, 0.25) is 0 Å². The second-order valence-electron chi connectivity index (χ2n) is 4.71. The predicted molar refractivity (Wildman–Crippen MR) is 79.7 cm³/mol. The van der Waals surface area contributed by atoms with E-state index in [0.29, 0.717) is 0 Å². The highest BCUT2D eigenvalue weighted by Crippen LogP contribution is 2.29. The van der Waals surface area contributed by atoms with Gasteiger partial charge in [-0.3, -0.25) is 0 Å². The lowest BCUT2D eigenvalue weighted by Gasteiger charge is -2.19. The lowest BCUT2D eigenvalue weighted by molar-refractivity contribution is 0.686. The molecular formula is C15H16ClNS. The number of hydrogen-bond acceptors (Lipinski definition) is 2. The van der Waals surface area contributed by atoms with E-state index >= 15 is 0 Å². The second kappa shape index (κ2) is 5.33. The Bertz CT molecular complexity index is 547. The molecule has 1 aliphatic carbocycles. The number of halogens is 1. The van der Waals surface area contributed by atoms with Crippen molar-refractivity contribution in [1.82, 2.24) is 0 Å². The summed E-state index contributed by atoms with van der Waals surface area (Å²) in [4.78, 5) is 1.29. The van der Waals surface area contributed by atoms with Crippen molar-refractivity contribution in [3.63, 3.8) is 0 Å². The molecule has 0 amide bonds. The van der Waals surface area contributed by atoms with Crippen molar-refractivity contribution in [3.8, 4) is 0 Å². The largest absolute Gasteiger partial charge is 0.380 e. The molecule has 1 nitrogen and oxygen atoms in total. The second-order valence-corrected chi connectivity index (χ2v) is 6.51. The Morgan fingerprint density at radius 2 is 2.00 bits per heavy atom. The first kappa shape index (κ1) is 12.1. The lowest BCUT2D eigenvalue weighted by Crippen LogP contribution is -2.08. The van der Waals surface area contributed by atoms with Gasteiger partial charge in [-0.05, 0) is 55.0 Å². The van der Waals surface area contributed by atoms with Crippen LogP contribution in [0.1, 0.15) is 28.8 Å². The lowest BCUT2D eigenvalue weighted by atomic mass is 9.90. The van der Waals surface area contributed by atoms with Crippen molar-refractivity contribution >= 4 is 28.6 Å². The molecule has 1 aromatic heterocycles. The molecule has 1 aromatic carbocycles. The maximum absolute atomic E-state index is 5.95. The summed E-state index contributed by atoms with van der Waals surface area (Å²) in [5.74, 6) is 0. The molecule has 3 rings (SSSR count). The van der Waals surface area contributed by atoms with Crippen molar-refractivity contribution in [2.75, 3.05) is 5.32 Å². The van der Waals surface area contributed by atoms with E-state index in [4.69, 9.17) is 11.6 Å². The summed E-state index contributed by atoms with van der Waals surface area (Å²) in [6.07, 6.45) is 5.09. The monoisotopic (exact) mass is 277 g/mol. The number of fused-ring (bicyclic) bond motifs is 1. The highest BCUT2D eigenvalue weighted by molar-refractivity contribution is 7.16. The van der Waals surface area contributed by atoms with Crippen LogP contribution in [-0.2, 0) is 19.4 Å². The van der Waals surface area contributed by atoms with E-state index in [1.54, 1.807) is 11.3 Å². The Hall–Kier alpha value is -0.990. The van der Waals surface area contributed by atoms with Crippen LogP contribution in [0.25, 0.3) is 0 Å². The third-order valence-electron chi connectivity index (χ3n) is 3.48. The van der Waals surface area contributed by atoms with Crippen LogP contribution in [0.15, 0.2) is 30.3 Å². The number of aryl methyl sites for hydroxylation is 1. The molecule has 18 heavy (non-hydrogen) atoms. The van der Waals surface area contributed by atoms with Gasteiger partial charge in [0.05, 0.1) is 4.34 Å². The summed E-state index contributed by atoms with van der Waals surface area (Å²) in [7, 11) is 0. The molecule has 0 bridgehead atoms. The maximum atomic E-state index is 5.95. The third kappa shape index (κ3) is 2.55. The number of thiophene rings is 1. The zero-order valence-corrected chi connectivity index (χ0v) is 11.8. The summed E-state index contributed by atoms with van der Waals surface area (Å²) in [6.45, 7) is 0.869. The number of anilines is 1. The van der Waals surface area contributed by atoms with Crippen molar-refractivity contribution < 1.29 is 0 Å². The van der Waals surface area contributed by atoms with Crippen LogP contribution in [0.5, 0.6) is 0 Å². The SMILES string of the molecule is Clc1ccc(CNc2cccc3c2CCCC3)s1. The van der Waals surface area contributed by atoms with E-state index in [0.717, 1.165) is 10.9 Å². The fourth-order valence-corrected chi connectivity index (χ4v) is 3.60. The minimum absolute atomic E-state index is 0.863. The number of benzene rings is 1. The Kier molecular flexibility index (Phi) is 3.57. The van der Waals surface area contributed by atoms with Crippen LogP contribution in [0.3, 0.4) is 0 Å². The summed E-state index contributed by atoms with van der Waals surface area (Å²) in [5, 5.41) is 3.55. The minimum atomic E-state index is 0.863. The smallest absolute Gasteiger partial charge is 0.0931 e. The fourth-order valence-electron chi connectivity index (χ4n) is 2.58. The normalized spacial score (nSPS) is 14.3. The first-order chi connectivity index (χ1) is 8.83. The van der Waals surface area contributed by atoms with Gasteiger partial charge in [0, 0.05) is 17.1 Å². The molecular weight excluding hydrogens is 262 g/mol. The van der Waals surface area contributed by atoms with E-state index in [9.17, 15) is 0 Å². The number of rotatable bonds is 3. The Morgan fingerprint density at radius 1 is 1.11 bits per heavy atom. The van der Waals surface area contributed by atoms with E-state index in [2.05, 4.69) is 29.6 Å². The average molecular weight is 278 g/mol. The molecule has 0 radical (unpaired) electrons. The maximum Gasteiger partial charge on any atom is 0.0931 e. The Balaban J connectivity index is 1.76. The quantitative estimate of drug-likeness (QED) is 0.842. The summed E-state index contributed by atoms with van der Waals surface area (Å²) in [5.41, 5.74) is 4.35. The average Bonchev–Trinajstić information content (AvgIpc) is 2.82.